The molecular formula is C12H17BrN2O4S. The van der Waals surface area contributed by atoms with Crippen molar-refractivity contribution in [3.8, 4) is 0 Å². The van der Waals surface area contributed by atoms with Crippen molar-refractivity contribution < 1.29 is 17.9 Å². The smallest absolute Gasteiger partial charge is 0.241 e. The quantitative estimate of drug-likeness (QED) is 0.700. The molecule has 0 spiro atoms. The predicted octanol–water partition coefficient (Wildman–Crippen LogP) is 0.798. The van der Waals surface area contributed by atoms with Crippen LogP contribution in [0.1, 0.15) is 5.56 Å². The van der Waals surface area contributed by atoms with Crippen LogP contribution < -0.4 is 10.0 Å². The molecule has 0 fully saturated rings. The Labute approximate surface area is 127 Å². The molecule has 1 rings (SSSR count). The van der Waals surface area contributed by atoms with Crippen LogP contribution in [0, 0.1) is 6.92 Å². The second-order valence-electron chi connectivity index (χ2n) is 4.08. The second kappa shape index (κ2) is 7.72. The maximum absolute atomic E-state index is 12.0. The second-order valence-corrected chi connectivity index (χ2v) is 6.70. The maximum Gasteiger partial charge on any atom is 0.241 e. The average molecular weight is 365 g/mol. The minimum absolute atomic E-state index is 0.128. The highest BCUT2D eigenvalue weighted by molar-refractivity contribution is 9.10. The molecule has 0 aliphatic rings. The number of carbonyl (C=O) groups excluding carboxylic acids is 1. The Bertz CT molecular complexity index is 575. The van der Waals surface area contributed by atoms with Crippen LogP contribution in [0.2, 0.25) is 0 Å². The molecule has 0 aliphatic heterocycles. The van der Waals surface area contributed by atoms with E-state index in [1.54, 1.807) is 13.0 Å². The summed E-state index contributed by atoms with van der Waals surface area (Å²) in [6, 6.07) is 4.67. The van der Waals surface area contributed by atoms with Crippen LogP contribution in [0.15, 0.2) is 27.6 Å². The van der Waals surface area contributed by atoms with Crippen LogP contribution in [-0.4, -0.2) is 41.1 Å². The van der Waals surface area contributed by atoms with Gasteiger partial charge in [0.1, 0.15) is 0 Å². The van der Waals surface area contributed by atoms with Gasteiger partial charge in [-0.15, -0.1) is 0 Å². The van der Waals surface area contributed by atoms with Gasteiger partial charge in [-0.25, -0.2) is 13.1 Å². The Morgan fingerprint density at radius 3 is 2.70 bits per heavy atom. The maximum atomic E-state index is 12.0. The Morgan fingerprint density at radius 1 is 1.40 bits per heavy atom. The van der Waals surface area contributed by atoms with Crippen molar-refractivity contribution in [2.24, 2.45) is 0 Å². The van der Waals surface area contributed by atoms with Crippen molar-refractivity contribution in [2.45, 2.75) is 11.8 Å². The molecule has 0 heterocycles. The number of sulfonamides is 1. The number of aryl methyl sites for hydroxylation is 1. The van der Waals surface area contributed by atoms with Crippen LogP contribution in [0.3, 0.4) is 0 Å². The van der Waals surface area contributed by atoms with E-state index in [2.05, 4.69) is 26.0 Å². The van der Waals surface area contributed by atoms with E-state index in [0.717, 1.165) is 10.0 Å². The summed E-state index contributed by atoms with van der Waals surface area (Å²) in [5, 5.41) is 2.53. The number of methoxy groups -OCH3 is 1. The predicted molar refractivity (Wildman–Crippen MR) is 79.0 cm³/mol. The molecule has 2 N–H and O–H groups in total. The number of amides is 1. The van der Waals surface area contributed by atoms with Crippen molar-refractivity contribution in [2.75, 3.05) is 26.8 Å². The number of hydrogen-bond acceptors (Lipinski definition) is 4. The van der Waals surface area contributed by atoms with Gasteiger partial charge in [0.05, 0.1) is 18.0 Å². The molecule has 0 unspecified atom stereocenters. The van der Waals surface area contributed by atoms with Crippen LogP contribution in [0.4, 0.5) is 0 Å². The molecule has 0 aliphatic carbocycles. The topological polar surface area (TPSA) is 84.5 Å². The summed E-state index contributed by atoms with van der Waals surface area (Å²) in [5.74, 6) is -0.403. The number of halogens is 1. The number of hydrogen-bond donors (Lipinski definition) is 2. The van der Waals surface area contributed by atoms with Gasteiger partial charge >= 0.3 is 0 Å². The Kier molecular flexibility index (Phi) is 6.60. The van der Waals surface area contributed by atoms with Gasteiger partial charge in [0.25, 0.3) is 0 Å². The van der Waals surface area contributed by atoms with E-state index >= 15 is 0 Å². The molecule has 112 valence electrons. The first-order chi connectivity index (χ1) is 9.36. The third-order valence-electron chi connectivity index (χ3n) is 2.49. The van der Waals surface area contributed by atoms with Gasteiger partial charge in [0.15, 0.2) is 0 Å². The third kappa shape index (κ3) is 5.20. The van der Waals surface area contributed by atoms with Crippen molar-refractivity contribution in [3.63, 3.8) is 0 Å². The fraction of sp³-hybridized carbons (Fsp3) is 0.417. The molecule has 1 aromatic carbocycles. The summed E-state index contributed by atoms with van der Waals surface area (Å²) in [6.07, 6.45) is 0. The van der Waals surface area contributed by atoms with Gasteiger partial charge in [0.2, 0.25) is 15.9 Å². The minimum Gasteiger partial charge on any atom is -0.383 e. The first-order valence-corrected chi connectivity index (χ1v) is 8.16. The summed E-state index contributed by atoms with van der Waals surface area (Å²) in [7, 11) is -2.17. The third-order valence-corrected chi connectivity index (χ3v) is 4.78. The number of carbonyl (C=O) groups is 1. The van der Waals surface area contributed by atoms with Gasteiger partial charge in [-0.2, -0.15) is 0 Å². The lowest BCUT2D eigenvalue weighted by Crippen LogP contribution is -2.38. The Balaban J connectivity index is 2.61. The molecule has 0 saturated heterocycles. The standard InChI is InChI=1S/C12H17BrN2O4S/c1-9-7-10(3-4-11(9)13)20(17,18)15-8-12(16)14-5-6-19-2/h3-4,7,15H,5-6,8H2,1-2H3,(H,14,16). The average Bonchev–Trinajstić information content (AvgIpc) is 2.40. The Morgan fingerprint density at radius 2 is 2.10 bits per heavy atom. The monoisotopic (exact) mass is 364 g/mol. The lowest BCUT2D eigenvalue weighted by atomic mass is 10.2. The summed E-state index contributed by atoms with van der Waals surface area (Å²) in [6.45, 7) is 2.21. The van der Waals surface area contributed by atoms with Crippen LogP contribution in [0.25, 0.3) is 0 Å². The lowest BCUT2D eigenvalue weighted by molar-refractivity contribution is -0.120. The normalized spacial score (nSPS) is 11.3. The van der Waals surface area contributed by atoms with E-state index in [1.165, 1.54) is 19.2 Å². The minimum atomic E-state index is -3.69. The van der Waals surface area contributed by atoms with E-state index in [-0.39, 0.29) is 11.4 Å². The summed E-state index contributed by atoms with van der Waals surface area (Å²) in [4.78, 5) is 11.5. The number of benzene rings is 1. The number of rotatable bonds is 7. The molecule has 0 atom stereocenters. The van der Waals surface area contributed by atoms with Crippen LogP contribution in [-0.2, 0) is 19.6 Å². The highest BCUT2D eigenvalue weighted by Gasteiger charge is 2.16. The van der Waals surface area contributed by atoms with Crippen molar-refractivity contribution >= 4 is 31.9 Å². The number of nitrogens with one attached hydrogen (secondary N) is 2. The zero-order valence-electron chi connectivity index (χ0n) is 11.3. The van der Waals surface area contributed by atoms with E-state index in [0.29, 0.717) is 13.2 Å². The van der Waals surface area contributed by atoms with Crippen molar-refractivity contribution in [1.82, 2.24) is 10.0 Å². The van der Waals surface area contributed by atoms with Gasteiger partial charge < -0.3 is 10.1 Å². The van der Waals surface area contributed by atoms with Gasteiger partial charge in [-0.3, -0.25) is 4.79 Å². The molecule has 20 heavy (non-hydrogen) atoms. The van der Waals surface area contributed by atoms with Gasteiger partial charge in [-0.1, -0.05) is 15.9 Å². The fourth-order valence-corrected chi connectivity index (χ4v) is 2.70. The molecule has 0 bridgehead atoms. The molecule has 0 aromatic heterocycles. The van der Waals surface area contributed by atoms with Crippen LogP contribution >= 0.6 is 15.9 Å². The highest BCUT2D eigenvalue weighted by Crippen LogP contribution is 2.19. The zero-order valence-corrected chi connectivity index (χ0v) is 13.7. The van der Waals surface area contributed by atoms with E-state index in [4.69, 9.17) is 4.74 Å². The Hall–Kier alpha value is -0.960. The molecule has 1 aromatic rings. The van der Waals surface area contributed by atoms with E-state index in [9.17, 15) is 13.2 Å². The molecule has 1 amide bonds. The SMILES string of the molecule is COCCNC(=O)CNS(=O)(=O)c1ccc(Br)c(C)c1. The van der Waals surface area contributed by atoms with Crippen LogP contribution in [0.5, 0.6) is 0 Å². The molecular weight excluding hydrogens is 348 g/mol. The van der Waals surface area contributed by atoms with Gasteiger partial charge in [-0.05, 0) is 30.7 Å². The van der Waals surface area contributed by atoms with E-state index < -0.39 is 15.9 Å². The largest absolute Gasteiger partial charge is 0.383 e. The summed E-state index contributed by atoms with van der Waals surface area (Å²) in [5.41, 5.74) is 0.803. The summed E-state index contributed by atoms with van der Waals surface area (Å²) < 4.78 is 31.9. The number of ether oxygens (including phenoxy) is 1. The van der Waals surface area contributed by atoms with Crippen molar-refractivity contribution in [1.29, 1.82) is 0 Å². The first kappa shape index (κ1) is 17.1. The van der Waals surface area contributed by atoms with Gasteiger partial charge in [0, 0.05) is 18.1 Å². The molecule has 0 radical (unpaired) electrons. The molecule has 8 heteroatoms. The lowest BCUT2D eigenvalue weighted by Gasteiger charge is -2.08. The summed E-state index contributed by atoms with van der Waals surface area (Å²) >= 11 is 3.30. The molecule has 6 nitrogen and oxygen atoms in total. The van der Waals surface area contributed by atoms with E-state index in [1.807, 2.05) is 0 Å². The highest BCUT2D eigenvalue weighted by atomic mass is 79.9. The molecule has 0 saturated carbocycles. The zero-order chi connectivity index (χ0) is 15.2. The van der Waals surface area contributed by atoms with Crippen molar-refractivity contribution in [3.05, 3.63) is 28.2 Å². The fourth-order valence-electron chi connectivity index (χ4n) is 1.38. The first-order valence-electron chi connectivity index (χ1n) is 5.88.